The molecule has 20 nitrogen and oxygen atoms in total. The highest BCUT2D eigenvalue weighted by Gasteiger charge is 2.21. The zero-order chi connectivity index (χ0) is 50.5. The number of nitrogens with two attached hydrogens (primary N) is 3. The van der Waals surface area contributed by atoms with Crippen LogP contribution in [0.2, 0.25) is 0 Å². The molecular formula is C48H63N9O11S. The number of amides is 4. The summed E-state index contributed by atoms with van der Waals surface area (Å²) >= 11 is 0. The first kappa shape index (κ1) is 54.8. The van der Waals surface area contributed by atoms with Crippen molar-refractivity contribution in [2.75, 3.05) is 64.3 Å². The maximum absolute atomic E-state index is 12.8. The summed E-state index contributed by atoms with van der Waals surface area (Å²) in [5.41, 5.74) is 21.1. The van der Waals surface area contributed by atoms with Crippen LogP contribution in [0.15, 0.2) is 94.5 Å². The van der Waals surface area contributed by atoms with Crippen molar-refractivity contribution in [2.24, 2.45) is 17.4 Å². The van der Waals surface area contributed by atoms with Crippen molar-refractivity contribution in [1.29, 1.82) is 0 Å². The highest BCUT2D eigenvalue weighted by Crippen LogP contribution is 2.30. The SMILES string of the molecule is CC(C)CC(=O)NC(C)C(=O)Nc1ccc(COC(=O)N(C)Cc2ccc(-c3cc(-c4nc(-c5ccc(S(=O)(=O)C(C)C)cc5)cnc4N)on3)cc2)cc1.NCCOCCOCCOCC(N)=O. The van der Waals surface area contributed by atoms with Crippen LogP contribution in [0.4, 0.5) is 16.3 Å². The smallest absolute Gasteiger partial charge is 0.410 e. The van der Waals surface area contributed by atoms with Crippen LogP contribution in [0.5, 0.6) is 0 Å². The summed E-state index contributed by atoms with van der Waals surface area (Å²) in [5, 5.41) is 9.12. The number of carbonyl (C=O) groups excluding carboxylic acids is 4. The van der Waals surface area contributed by atoms with Crippen molar-refractivity contribution in [2.45, 2.75) is 70.4 Å². The molecule has 0 fully saturated rings. The van der Waals surface area contributed by atoms with Gasteiger partial charge in [0.15, 0.2) is 27.1 Å². The molecule has 0 bridgehead atoms. The Kier molecular flexibility index (Phi) is 21.7. The molecule has 69 heavy (non-hydrogen) atoms. The molecule has 0 aliphatic carbocycles. The molecule has 0 aliphatic rings. The molecule has 1 atom stereocenters. The first-order chi connectivity index (χ1) is 32.9. The Morgan fingerprint density at radius 1 is 0.797 bits per heavy atom. The zero-order valence-corrected chi connectivity index (χ0v) is 40.6. The summed E-state index contributed by atoms with van der Waals surface area (Å²) in [6, 6.07) is 21.8. The number of rotatable bonds is 24. The van der Waals surface area contributed by atoms with Crippen LogP contribution in [0, 0.1) is 5.92 Å². The van der Waals surface area contributed by atoms with E-state index in [2.05, 4.69) is 25.8 Å². The van der Waals surface area contributed by atoms with E-state index in [1.165, 1.54) is 11.1 Å². The van der Waals surface area contributed by atoms with Gasteiger partial charge in [-0.1, -0.05) is 67.5 Å². The Morgan fingerprint density at radius 3 is 2.00 bits per heavy atom. The minimum atomic E-state index is -3.41. The molecule has 0 saturated carbocycles. The Balaban J connectivity index is 0.000000641. The molecule has 2 heterocycles. The third kappa shape index (κ3) is 18.0. The molecule has 5 rings (SSSR count). The minimum absolute atomic E-state index is 0.0409. The van der Waals surface area contributed by atoms with E-state index in [1.54, 1.807) is 82.4 Å². The van der Waals surface area contributed by atoms with Crippen molar-refractivity contribution in [3.8, 4) is 34.0 Å². The molecule has 0 radical (unpaired) electrons. The van der Waals surface area contributed by atoms with E-state index in [4.69, 9.17) is 40.7 Å². The van der Waals surface area contributed by atoms with Crippen LogP contribution in [0.3, 0.4) is 0 Å². The average Bonchev–Trinajstić information content (AvgIpc) is 3.81. The van der Waals surface area contributed by atoms with Gasteiger partial charge in [0, 0.05) is 49.4 Å². The molecule has 3 aromatic carbocycles. The van der Waals surface area contributed by atoms with Gasteiger partial charge in [0.1, 0.15) is 24.9 Å². The number of nitrogens with zero attached hydrogens (tertiary/aromatic N) is 4. The summed E-state index contributed by atoms with van der Waals surface area (Å²) in [4.78, 5) is 58.0. The lowest BCUT2D eigenvalue weighted by molar-refractivity contribution is -0.126. The predicted octanol–water partition coefficient (Wildman–Crippen LogP) is 4.97. The molecule has 4 amide bonds. The Labute approximate surface area is 402 Å². The van der Waals surface area contributed by atoms with E-state index in [0.717, 1.165) is 16.7 Å². The van der Waals surface area contributed by atoms with Gasteiger partial charge in [-0.15, -0.1) is 0 Å². The van der Waals surface area contributed by atoms with E-state index < -0.39 is 33.1 Å². The van der Waals surface area contributed by atoms with E-state index in [9.17, 15) is 27.6 Å². The van der Waals surface area contributed by atoms with Crippen molar-refractivity contribution in [1.82, 2.24) is 25.3 Å². The normalized spacial score (nSPS) is 11.7. The molecule has 372 valence electrons. The fourth-order valence-corrected chi connectivity index (χ4v) is 7.13. The van der Waals surface area contributed by atoms with Gasteiger partial charge in [-0.3, -0.25) is 14.4 Å². The lowest BCUT2D eigenvalue weighted by atomic mass is 10.1. The highest BCUT2D eigenvalue weighted by atomic mass is 32.2. The van der Waals surface area contributed by atoms with Crippen molar-refractivity contribution in [3.05, 3.63) is 96.2 Å². The van der Waals surface area contributed by atoms with Crippen LogP contribution < -0.4 is 27.8 Å². The monoisotopic (exact) mass is 973 g/mol. The first-order valence-corrected chi connectivity index (χ1v) is 23.7. The minimum Gasteiger partial charge on any atom is -0.445 e. The number of sulfone groups is 1. The number of hydrogen-bond donors (Lipinski definition) is 5. The summed E-state index contributed by atoms with van der Waals surface area (Å²) in [7, 11) is -1.77. The lowest BCUT2D eigenvalue weighted by Gasteiger charge is -2.17. The molecule has 1 unspecified atom stereocenters. The number of primary amides is 1. The van der Waals surface area contributed by atoms with Crippen LogP contribution in [0.1, 0.15) is 52.2 Å². The second-order valence-corrected chi connectivity index (χ2v) is 18.9. The van der Waals surface area contributed by atoms with Crippen LogP contribution in [-0.2, 0) is 56.3 Å². The Morgan fingerprint density at radius 2 is 1.39 bits per heavy atom. The van der Waals surface area contributed by atoms with Crippen molar-refractivity contribution in [3.63, 3.8) is 0 Å². The highest BCUT2D eigenvalue weighted by molar-refractivity contribution is 7.92. The first-order valence-electron chi connectivity index (χ1n) is 22.2. The molecule has 0 saturated heterocycles. The second kappa shape index (κ2) is 27.3. The number of ether oxygens (including phenoxy) is 4. The number of nitrogens with one attached hydrogen (secondary N) is 2. The number of aromatic nitrogens is 3. The van der Waals surface area contributed by atoms with Crippen LogP contribution in [0.25, 0.3) is 34.0 Å². The fraction of sp³-hybridized carbons (Fsp3) is 0.396. The number of carbonyl (C=O) groups is 4. The Hall–Kier alpha value is -6.78. The Bertz CT molecular complexity index is 2540. The molecule has 21 heteroatoms. The average molecular weight is 974 g/mol. The topological polar surface area (TPSA) is 297 Å². The van der Waals surface area contributed by atoms with Crippen LogP contribution >= 0.6 is 0 Å². The molecular weight excluding hydrogens is 911 g/mol. The summed E-state index contributed by atoms with van der Waals surface area (Å²) in [6.45, 7) is 11.9. The zero-order valence-electron chi connectivity index (χ0n) is 39.8. The molecule has 0 spiro atoms. The second-order valence-electron chi connectivity index (χ2n) is 16.4. The molecule has 0 aliphatic heterocycles. The van der Waals surface area contributed by atoms with Crippen molar-refractivity contribution < 1.29 is 51.1 Å². The quantitative estimate of drug-likeness (QED) is 0.0510. The number of benzene rings is 3. The van der Waals surface area contributed by atoms with Gasteiger partial charge in [0.25, 0.3) is 0 Å². The van der Waals surface area contributed by atoms with Gasteiger partial charge < -0.3 is 56.2 Å². The van der Waals surface area contributed by atoms with E-state index in [0.29, 0.717) is 86.6 Å². The third-order valence-electron chi connectivity index (χ3n) is 9.82. The summed E-state index contributed by atoms with van der Waals surface area (Å²) < 4.78 is 51.2. The van der Waals surface area contributed by atoms with E-state index >= 15 is 0 Å². The summed E-state index contributed by atoms with van der Waals surface area (Å²) in [5.74, 6) is -0.335. The number of nitrogen functional groups attached to an aromatic ring is 1. The number of anilines is 2. The summed E-state index contributed by atoms with van der Waals surface area (Å²) in [6.07, 6.45) is 1.35. The third-order valence-corrected chi connectivity index (χ3v) is 12.0. The fourth-order valence-electron chi connectivity index (χ4n) is 6.07. The molecule has 8 N–H and O–H groups in total. The largest absolute Gasteiger partial charge is 0.445 e. The predicted molar refractivity (Wildman–Crippen MR) is 260 cm³/mol. The maximum atomic E-state index is 12.8. The lowest BCUT2D eigenvalue weighted by Crippen LogP contribution is -2.41. The number of hydrogen-bond acceptors (Lipinski definition) is 16. The van der Waals surface area contributed by atoms with E-state index in [-0.39, 0.29) is 41.7 Å². The van der Waals surface area contributed by atoms with Gasteiger partial charge in [0.2, 0.25) is 17.7 Å². The van der Waals surface area contributed by atoms with Crippen LogP contribution in [-0.4, -0.2) is 117 Å². The van der Waals surface area contributed by atoms with Gasteiger partial charge in [-0.05, 0) is 62.1 Å². The van der Waals surface area contributed by atoms with E-state index in [1.807, 2.05) is 38.1 Å². The molecule has 2 aromatic heterocycles. The molecule has 5 aromatic rings. The standard InChI is InChI=1S/C40H45N7O7S.C8H18N2O4/c1-24(2)19-36(48)43-26(5)39(49)44-31-15-9-28(10-16-31)23-53-40(50)47(6)22-27-7-11-29(12-8-27)33-20-35(54-46-33)37-38(41)42-21-34(45-37)30-13-17-32(18-14-30)55(51,52)25(3)4;9-1-2-12-3-4-13-5-6-14-7-8(10)11/h7-18,20-21,24-26H,19,22-23H2,1-6H3,(H2,41,42)(H,43,48)(H,44,49);1-7,9H2,(H2,10,11). The van der Waals surface area contributed by atoms with Crippen molar-refractivity contribution >= 4 is 45.2 Å². The van der Waals surface area contributed by atoms with Gasteiger partial charge in [-0.25, -0.2) is 23.2 Å². The van der Waals surface area contributed by atoms with Gasteiger partial charge >= 0.3 is 6.09 Å². The maximum Gasteiger partial charge on any atom is 0.410 e. The van der Waals surface area contributed by atoms with Gasteiger partial charge in [0.05, 0.1) is 55.1 Å². The van der Waals surface area contributed by atoms with Gasteiger partial charge in [-0.2, -0.15) is 0 Å².